The fourth-order valence-electron chi connectivity index (χ4n) is 3.70. The summed E-state index contributed by atoms with van der Waals surface area (Å²) < 4.78 is 0. The summed E-state index contributed by atoms with van der Waals surface area (Å²) in [6.07, 6.45) is 0.322. The first-order chi connectivity index (χ1) is 13.2. The van der Waals surface area contributed by atoms with Crippen LogP contribution in [0.2, 0.25) is 0 Å². The number of aromatic nitrogens is 1. The number of Topliss-reactive ketones (excluding diaryl/α,β-unsaturated/α-hetero) is 1. The third-order valence-electron chi connectivity index (χ3n) is 5.12. The van der Waals surface area contributed by atoms with Crippen molar-refractivity contribution in [3.8, 4) is 0 Å². The molecule has 1 atom stereocenters. The van der Waals surface area contributed by atoms with Crippen molar-refractivity contribution in [3.05, 3.63) is 58.4 Å². The number of aromatic amines is 1. The Bertz CT molecular complexity index is 980. The highest BCUT2D eigenvalue weighted by atomic mass is 16.2. The van der Waals surface area contributed by atoms with Gasteiger partial charge in [0.05, 0.1) is 0 Å². The molecule has 1 aliphatic heterocycles. The SMILES string of the molecule is CCC1(c2ccccc2)NC(=O)N(NC(=O)c2[nH]c(C)c(C(C)=O)c2C)C1=O. The molecule has 3 N–H and O–H groups in total. The van der Waals surface area contributed by atoms with Gasteiger partial charge in [-0.25, -0.2) is 4.79 Å². The van der Waals surface area contributed by atoms with Crippen LogP contribution >= 0.6 is 0 Å². The lowest BCUT2D eigenvalue weighted by Crippen LogP contribution is -2.48. The number of rotatable bonds is 5. The number of imide groups is 1. The fourth-order valence-corrected chi connectivity index (χ4v) is 3.70. The van der Waals surface area contributed by atoms with E-state index in [2.05, 4.69) is 15.7 Å². The molecular weight excluding hydrogens is 360 g/mol. The Morgan fingerprint density at radius 3 is 2.32 bits per heavy atom. The number of hydrogen-bond donors (Lipinski definition) is 3. The Morgan fingerprint density at radius 2 is 1.79 bits per heavy atom. The van der Waals surface area contributed by atoms with E-state index in [0.29, 0.717) is 33.8 Å². The van der Waals surface area contributed by atoms with E-state index >= 15 is 0 Å². The predicted molar refractivity (Wildman–Crippen MR) is 102 cm³/mol. The monoisotopic (exact) mass is 382 g/mol. The predicted octanol–water partition coefficient (Wildman–Crippen LogP) is 2.34. The Labute approximate surface area is 162 Å². The largest absolute Gasteiger partial charge is 0.354 e. The molecule has 0 bridgehead atoms. The molecule has 146 valence electrons. The number of urea groups is 1. The van der Waals surface area contributed by atoms with Crippen LogP contribution in [0.5, 0.6) is 0 Å². The number of ketones is 1. The second kappa shape index (κ2) is 6.95. The lowest BCUT2D eigenvalue weighted by atomic mass is 9.87. The van der Waals surface area contributed by atoms with Gasteiger partial charge in [-0.3, -0.25) is 19.8 Å². The van der Waals surface area contributed by atoms with Gasteiger partial charge in [-0.05, 0) is 38.3 Å². The molecule has 4 amide bonds. The number of aryl methyl sites for hydroxylation is 1. The van der Waals surface area contributed by atoms with Crippen LogP contribution < -0.4 is 10.7 Å². The van der Waals surface area contributed by atoms with Gasteiger partial charge < -0.3 is 10.3 Å². The van der Waals surface area contributed by atoms with Crippen molar-refractivity contribution in [2.45, 2.75) is 39.7 Å². The van der Waals surface area contributed by atoms with Crippen molar-refractivity contribution in [2.24, 2.45) is 0 Å². The first-order valence-electron chi connectivity index (χ1n) is 8.96. The summed E-state index contributed by atoms with van der Waals surface area (Å²) in [4.78, 5) is 52.9. The number of hydrazine groups is 1. The number of carbonyl (C=O) groups is 4. The highest BCUT2D eigenvalue weighted by Crippen LogP contribution is 2.31. The number of benzene rings is 1. The molecule has 8 heteroatoms. The molecule has 2 aromatic rings. The van der Waals surface area contributed by atoms with E-state index < -0.39 is 23.4 Å². The Morgan fingerprint density at radius 1 is 1.14 bits per heavy atom. The quantitative estimate of drug-likeness (QED) is 0.544. The summed E-state index contributed by atoms with van der Waals surface area (Å²) in [7, 11) is 0. The Hall–Kier alpha value is -3.42. The van der Waals surface area contributed by atoms with Crippen molar-refractivity contribution >= 4 is 23.6 Å². The molecule has 1 aromatic carbocycles. The standard InChI is InChI=1S/C20H22N4O4/c1-5-20(14-9-7-6-8-10-14)18(27)24(19(28)22-20)23-17(26)16-11(2)15(13(4)25)12(3)21-16/h6-10,21H,5H2,1-4H3,(H,22,28)(H,23,26). The molecule has 1 aromatic heterocycles. The van der Waals surface area contributed by atoms with Gasteiger partial charge in [0.15, 0.2) is 5.78 Å². The van der Waals surface area contributed by atoms with Crippen molar-refractivity contribution < 1.29 is 19.2 Å². The molecule has 1 unspecified atom stereocenters. The van der Waals surface area contributed by atoms with E-state index in [9.17, 15) is 19.2 Å². The van der Waals surface area contributed by atoms with Gasteiger partial charge in [-0.1, -0.05) is 37.3 Å². The van der Waals surface area contributed by atoms with E-state index in [0.717, 1.165) is 0 Å². The molecule has 0 radical (unpaired) electrons. The Kier molecular flexibility index (Phi) is 4.80. The maximum Gasteiger partial charge on any atom is 0.344 e. The second-order valence-electron chi connectivity index (χ2n) is 6.82. The summed E-state index contributed by atoms with van der Waals surface area (Å²) >= 11 is 0. The zero-order valence-electron chi connectivity index (χ0n) is 16.2. The third-order valence-corrected chi connectivity index (χ3v) is 5.12. The lowest BCUT2D eigenvalue weighted by molar-refractivity contribution is -0.133. The lowest BCUT2D eigenvalue weighted by Gasteiger charge is -2.25. The molecule has 1 fully saturated rings. The number of hydrogen-bond acceptors (Lipinski definition) is 4. The minimum Gasteiger partial charge on any atom is -0.354 e. The van der Waals surface area contributed by atoms with Crippen LogP contribution in [0.15, 0.2) is 30.3 Å². The van der Waals surface area contributed by atoms with Crippen LogP contribution in [-0.2, 0) is 10.3 Å². The average Bonchev–Trinajstić information content (AvgIpc) is 3.10. The van der Waals surface area contributed by atoms with E-state index in [1.807, 2.05) is 6.07 Å². The summed E-state index contributed by atoms with van der Waals surface area (Å²) in [5.41, 5.74) is 3.35. The van der Waals surface area contributed by atoms with Crippen molar-refractivity contribution in [3.63, 3.8) is 0 Å². The Balaban J connectivity index is 1.90. The van der Waals surface area contributed by atoms with Crippen molar-refractivity contribution in [1.82, 2.24) is 20.7 Å². The maximum absolute atomic E-state index is 13.1. The van der Waals surface area contributed by atoms with Gasteiger partial charge >= 0.3 is 6.03 Å². The fraction of sp³-hybridized carbons (Fsp3) is 0.300. The van der Waals surface area contributed by atoms with Crippen LogP contribution in [0, 0.1) is 13.8 Å². The minimum atomic E-state index is -1.24. The van der Waals surface area contributed by atoms with Gasteiger partial charge in [-0.15, -0.1) is 0 Å². The summed E-state index contributed by atoms with van der Waals surface area (Å²) in [5.74, 6) is -1.40. The zero-order valence-corrected chi connectivity index (χ0v) is 16.2. The summed E-state index contributed by atoms with van der Waals surface area (Å²) in [6.45, 7) is 6.53. The number of nitrogens with zero attached hydrogens (tertiary/aromatic N) is 1. The van der Waals surface area contributed by atoms with Crippen LogP contribution in [0.1, 0.15) is 57.9 Å². The molecule has 3 rings (SSSR count). The van der Waals surface area contributed by atoms with E-state index in [1.165, 1.54) is 6.92 Å². The zero-order chi connectivity index (χ0) is 20.6. The first-order valence-corrected chi connectivity index (χ1v) is 8.96. The van der Waals surface area contributed by atoms with Crippen LogP contribution in [0.3, 0.4) is 0 Å². The molecule has 1 aliphatic rings. The van der Waals surface area contributed by atoms with Crippen molar-refractivity contribution in [1.29, 1.82) is 0 Å². The minimum absolute atomic E-state index is 0.136. The van der Waals surface area contributed by atoms with Gasteiger partial charge in [0.2, 0.25) is 0 Å². The normalized spacial score (nSPS) is 18.9. The molecular formula is C20H22N4O4. The van der Waals surface area contributed by atoms with Crippen LogP contribution in [0.25, 0.3) is 0 Å². The van der Waals surface area contributed by atoms with E-state index in [4.69, 9.17) is 0 Å². The van der Waals surface area contributed by atoms with Gasteiger partial charge in [0, 0.05) is 11.3 Å². The molecule has 8 nitrogen and oxygen atoms in total. The molecule has 28 heavy (non-hydrogen) atoms. The molecule has 0 aliphatic carbocycles. The average molecular weight is 382 g/mol. The number of H-pyrrole nitrogens is 1. The smallest absolute Gasteiger partial charge is 0.344 e. The van der Waals surface area contributed by atoms with Gasteiger partial charge in [0.1, 0.15) is 11.2 Å². The van der Waals surface area contributed by atoms with Crippen LogP contribution in [-0.4, -0.2) is 33.6 Å². The topological polar surface area (TPSA) is 111 Å². The van der Waals surface area contributed by atoms with Crippen LogP contribution in [0.4, 0.5) is 4.79 Å². The van der Waals surface area contributed by atoms with E-state index in [1.54, 1.807) is 45.0 Å². The summed E-state index contributed by atoms with van der Waals surface area (Å²) in [6, 6.07) is 8.17. The third kappa shape index (κ3) is 2.87. The molecule has 1 saturated heterocycles. The van der Waals surface area contributed by atoms with Crippen molar-refractivity contribution in [2.75, 3.05) is 0 Å². The number of carbonyl (C=O) groups excluding carboxylic acids is 4. The van der Waals surface area contributed by atoms with Gasteiger partial charge in [-0.2, -0.15) is 5.01 Å². The second-order valence-corrected chi connectivity index (χ2v) is 6.82. The highest BCUT2D eigenvalue weighted by molar-refractivity contribution is 6.10. The van der Waals surface area contributed by atoms with Gasteiger partial charge in [0.25, 0.3) is 11.8 Å². The van der Waals surface area contributed by atoms with E-state index in [-0.39, 0.29) is 11.5 Å². The molecule has 0 saturated carbocycles. The molecule has 0 spiro atoms. The number of amides is 4. The highest BCUT2D eigenvalue weighted by Gasteiger charge is 2.52. The number of nitrogens with one attached hydrogen (secondary N) is 3. The maximum atomic E-state index is 13.1. The summed E-state index contributed by atoms with van der Waals surface area (Å²) in [5, 5.41) is 3.39. The molecule has 2 heterocycles. The first kappa shape index (κ1) is 19.3.